The van der Waals surface area contributed by atoms with Crippen LogP contribution in [0, 0.1) is 5.92 Å². The third kappa shape index (κ3) is 4.88. The second-order valence-electron chi connectivity index (χ2n) is 5.75. The monoisotopic (exact) mass is 289 g/mol. The first-order chi connectivity index (χ1) is 10.2. The maximum Gasteiger partial charge on any atom is 0.303 e. The SMILES string of the molecule is O=C(O)CCCCC(=O)NC(c1ccccc1)C1CCC1. The van der Waals surface area contributed by atoms with Crippen LogP contribution < -0.4 is 5.32 Å². The Bertz CT molecular complexity index is 468. The Kier molecular flexibility index (Phi) is 5.78. The van der Waals surface area contributed by atoms with Gasteiger partial charge in [-0.05, 0) is 37.2 Å². The highest BCUT2D eigenvalue weighted by Crippen LogP contribution is 2.37. The molecule has 1 atom stereocenters. The van der Waals surface area contributed by atoms with E-state index in [0.717, 1.165) is 0 Å². The van der Waals surface area contributed by atoms with Crippen molar-refractivity contribution in [3.05, 3.63) is 35.9 Å². The van der Waals surface area contributed by atoms with Crippen LogP contribution in [0.15, 0.2) is 30.3 Å². The maximum atomic E-state index is 12.1. The highest BCUT2D eigenvalue weighted by Gasteiger charge is 2.29. The van der Waals surface area contributed by atoms with E-state index in [1.165, 1.54) is 24.8 Å². The van der Waals surface area contributed by atoms with Crippen LogP contribution in [0.4, 0.5) is 0 Å². The van der Waals surface area contributed by atoms with Crippen molar-refractivity contribution in [2.24, 2.45) is 5.92 Å². The Labute approximate surface area is 125 Å². The average Bonchev–Trinajstić information content (AvgIpc) is 2.42. The molecule has 21 heavy (non-hydrogen) atoms. The van der Waals surface area contributed by atoms with Crippen molar-refractivity contribution in [1.82, 2.24) is 5.32 Å². The molecule has 1 aliphatic rings. The van der Waals surface area contributed by atoms with Gasteiger partial charge in [0, 0.05) is 12.8 Å². The summed E-state index contributed by atoms with van der Waals surface area (Å²) in [7, 11) is 0. The molecular weight excluding hydrogens is 266 g/mol. The fourth-order valence-corrected chi connectivity index (χ4v) is 2.71. The molecule has 0 heterocycles. The number of unbranched alkanes of at least 4 members (excludes halogenated alkanes) is 1. The molecule has 0 radical (unpaired) electrons. The van der Waals surface area contributed by atoms with Gasteiger partial charge >= 0.3 is 5.97 Å². The van der Waals surface area contributed by atoms with Crippen LogP contribution in [0.1, 0.15) is 56.6 Å². The smallest absolute Gasteiger partial charge is 0.303 e. The van der Waals surface area contributed by atoms with Gasteiger partial charge in [-0.1, -0.05) is 36.8 Å². The molecule has 2 rings (SSSR count). The lowest BCUT2D eigenvalue weighted by atomic mass is 9.77. The first-order valence-electron chi connectivity index (χ1n) is 7.73. The Hall–Kier alpha value is -1.84. The number of amides is 1. The zero-order chi connectivity index (χ0) is 15.1. The van der Waals surface area contributed by atoms with Crippen molar-refractivity contribution < 1.29 is 14.7 Å². The van der Waals surface area contributed by atoms with Gasteiger partial charge < -0.3 is 10.4 Å². The molecule has 1 aromatic rings. The molecule has 0 saturated heterocycles. The van der Waals surface area contributed by atoms with Crippen molar-refractivity contribution in [3.63, 3.8) is 0 Å². The number of carbonyl (C=O) groups is 2. The minimum Gasteiger partial charge on any atom is -0.481 e. The van der Waals surface area contributed by atoms with E-state index in [9.17, 15) is 9.59 Å². The van der Waals surface area contributed by atoms with Crippen molar-refractivity contribution in [3.8, 4) is 0 Å². The first kappa shape index (κ1) is 15.5. The van der Waals surface area contributed by atoms with E-state index in [4.69, 9.17) is 5.11 Å². The lowest BCUT2D eigenvalue weighted by molar-refractivity contribution is -0.137. The molecule has 1 aliphatic carbocycles. The van der Waals surface area contributed by atoms with Crippen LogP contribution in [0.5, 0.6) is 0 Å². The highest BCUT2D eigenvalue weighted by atomic mass is 16.4. The molecule has 0 spiro atoms. The van der Waals surface area contributed by atoms with Gasteiger partial charge in [0.2, 0.25) is 5.91 Å². The third-order valence-electron chi connectivity index (χ3n) is 4.14. The summed E-state index contributed by atoms with van der Waals surface area (Å²) in [5.41, 5.74) is 1.17. The largest absolute Gasteiger partial charge is 0.481 e. The molecule has 2 N–H and O–H groups in total. The Morgan fingerprint density at radius 2 is 1.81 bits per heavy atom. The van der Waals surface area contributed by atoms with Crippen LogP contribution in [0.25, 0.3) is 0 Å². The van der Waals surface area contributed by atoms with E-state index in [1.54, 1.807) is 0 Å². The molecule has 0 aliphatic heterocycles. The Morgan fingerprint density at radius 3 is 2.38 bits per heavy atom. The van der Waals surface area contributed by atoms with Crippen molar-refractivity contribution >= 4 is 11.9 Å². The summed E-state index contributed by atoms with van der Waals surface area (Å²) in [5.74, 6) is -0.233. The van der Waals surface area contributed by atoms with Crippen LogP contribution in [0.2, 0.25) is 0 Å². The maximum absolute atomic E-state index is 12.1. The molecule has 114 valence electrons. The van der Waals surface area contributed by atoms with Crippen molar-refractivity contribution in [1.29, 1.82) is 0 Å². The topological polar surface area (TPSA) is 66.4 Å². The quantitative estimate of drug-likeness (QED) is 0.722. The van der Waals surface area contributed by atoms with E-state index in [-0.39, 0.29) is 18.4 Å². The van der Waals surface area contributed by atoms with Crippen molar-refractivity contribution in [2.75, 3.05) is 0 Å². The summed E-state index contributed by atoms with van der Waals surface area (Å²) < 4.78 is 0. The lowest BCUT2D eigenvalue weighted by Crippen LogP contribution is -2.36. The van der Waals surface area contributed by atoms with Crippen LogP contribution >= 0.6 is 0 Å². The van der Waals surface area contributed by atoms with E-state index < -0.39 is 5.97 Å². The highest BCUT2D eigenvalue weighted by molar-refractivity contribution is 5.76. The predicted octanol–water partition coefficient (Wildman–Crippen LogP) is 3.29. The minimum absolute atomic E-state index is 0.0288. The number of hydrogen-bond donors (Lipinski definition) is 2. The molecule has 0 aromatic heterocycles. The van der Waals surface area contributed by atoms with E-state index in [2.05, 4.69) is 17.4 Å². The Morgan fingerprint density at radius 1 is 1.14 bits per heavy atom. The van der Waals surface area contributed by atoms with Crippen LogP contribution in [0.3, 0.4) is 0 Å². The van der Waals surface area contributed by atoms with E-state index in [0.29, 0.717) is 25.2 Å². The number of aliphatic carboxylic acids is 1. The van der Waals surface area contributed by atoms with Gasteiger partial charge in [-0.25, -0.2) is 0 Å². The summed E-state index contributed by atoms with van der Waals surface area (Å²) in [5, 5.41) is 11.7. The van der Waals surface area contributed by atoms with Crippen LogP contribution in [-0.2, 0) is 9.59 Å². The van der Waals surface area contributed by atoms with Gasteiger partial charge in [0.15, 0.2) is 0 Å². The second kappa shape index (κ2) is 7.81. The van der Waals surface area contributed by atoms with E-state index in [1.807, 2.05) is 18.2 Å². The molecule has 1 saturated carbocycles. The number of carboxylic acid groups (broad SMARTS) is 1. The van der Waals surface area contributed by atoms with Crippen molar-refractivity contribution in [2.45, 2.75) is 51.0 Å². The standard InChI is InChI=1S/C17H23NO3/c19-15(11-4-5-12-16(20)21)18-17(14-9-6-10-14)13-7-2-1-3-8-13/h1-3,7-8,14,17H,4-6,9-12H2,(H,18,19)(H,20,21). The van der Waals surface area contributed by atoms with Gasteiger partial charge in [-0.3, -0.25) is 9.59 Å². The summed E-state index contributed by atoms with van der Waals surface area (Å²) in [6, 6.07) is 10.2. The zero-order valence-corrected chi connectivity index (χ0v) is 12.3. The van der Waals surface area contributed by atoms with Crippen LogP contribution in [-0.4, -0.2) is 17.0 Å². The summed E-state index contributed by atoms with van der Waals surface area (Å²) in [6.07, 6.45) is 5.30. The number of hydrogen-bond acceptors (Lipinski definition) is 2. The predicted molar refractivity (Wildman–Crippen MR) is 80.8 cm³/mol. The van der Waals surface area contributed by atoms with E-state index >= 15 is 0 Å². The molecule has 1 unspecified atom stereocenters. The van der Waals surface area contributed by atoms with Gasteiger partial charge in [0.25, 0.3) is 0 Å². The summed E-state index contributed by atoms with van der Waals surface area (Å²) in [6.45, 7) is 0. The molecule has 1 aromatic carbocycles. The average molecular weight is 289 g/mol. The third-order valence-corrected chi connectivity index (χ3v) is 4.14. The van der Waals surface area contributed by atoms with Gasteiger partial charge in [-0.15, -0.1) is 0 Å². The lowest BCUT2D eigenvalue weighted by Gasteiger charge is -2.34. The molecule has 1 fully saturated rings. The molecule has 0 bridgehead atoms. The molecule has 1 amide bonds. The second-order valence-corrected chi connectivity index (χ2v) is 5.75. The number of carbonyl (C=O) groups excluding carboxylic acids is 1. The zero-order valence-electron chi connectivity index (χ0n) is 12.3. The molecular formula is C17H23NO3. The summed E-state index contributed by atoms with van der Waals surface area (Å²) in [4.78, 5) is 22.5. The number of rotatable bonds is 8. The number of carboxylic acids is 1. The number of nitrogens with one attached hydrogen (secondary N) is 1. The normalized spacial score (nSPS) is 16.0. The minimum atomic E-state index is -0.799. The van der Waals surface area contributed by atoms with Gasteiger partial charge in [0.1, 0.15) is 0 Å². The molecule has 4 heteroatoms. The first-order valence-corrected chi connectivity index (χ1v) is 7.73. The number of benzene rings is 1. The summed E-state index contributed by atoms with van der Waals surface area (Å²) >= 11 is 0. The molecule has 4 nitrogen and oxygen atoms in total. The fourth-order valence-electron chi connectivity index (χ4n) is 2.71. The Balaban J connectivity index is 1.84. The van der Waals surface area contributed by atoms with Gasteiger partial charge in [0.05, 0.1) is 6.04 Å². The fraction of sp³-hybridized carbons (Fsp3) is 0.529. The van der Waals surface area contributed by atoms with Gasteiger partial charge in [-0.2, -0.15) is 0 Å².